The van der Waals surface area contributed by atoms with Crippen molar-refractivity contribution in [2.45, 2.75) is 11.4 Å². The van der Waals surface area contributed by atoms with Crippen molar-refractivity contribution in [3.05, 3.63) is 89.2 Å². The molecular weight excluding hydrogens is 460 g/mol. The monoisotopic (exact) mass is 484 g/mol. The summed E-state index contributed by atoms with van der Waals surface area (Å²) in [6.07, 6.45) is 1.44. The first-order valence-corrected chi connectivity index (χ1v) is 12.4. The van der Waals surface area contributed by atoms with E-state index in [0.717, 1.165) is 18.7 Å². The van der Waals surface area contributed by atoms with Gasteiger partial charge in [0.05, 0.1) is 23.3 Å². The molecule has 2 heterocycles. The molecule has 0 atom stereocenters. The van der Waals surface area contributed by atoms with E-state index in [4.69, 9.17) is 11.6 Å². The van der Waals surface area contributed by atoms with Crippen LogP contribution in [0.5, 0.6) is 0 Å². The number of halogens is 1. The van der Waals surface area contributed by atoms with Gasteiger partial charge in [-0.2, -0.15) is 0 Å². The first kappa shape index (κ1) is 23.2. The minimum Gasteiger partial charge on any atom is -0.335 e. The summed E-state index contributed by atoms with van der Waals surface area (Å²) in [6.45, 7) is 3.01. The maximum absolute atomic E-state index is 13.5. The number of aromatic nitrogens is 1. The average Bonchev–Trinajstić information content (AvgIpc) is 2.84. The highest BCUT2D eigenvalue weighted by molar-refractivity contribution is 7.92. The summed E-state index contributed by atoms with van der Waals surface area (Å²) in [5, 5.41) is 0.574. The summed E-state index contributed by atoms with van der Waals surface area (Å²) in [6, 6.07) is 18.5. The molecule has 1 amide bonds. The van der Waals surface area contributed by atoms with Gasteiger partial charge >= 0.3 is 0 Å². The number of hydrogen-bond acceptors (Lipinski definition) is 5. The zero-order valence-corrected chi connectivity index (χ0v) is 19.8. The highest BCUT2D eigenvalue weighted by Crippen LogP contribution is 2.26. The van der Waals surface area contributed by atoms with Crippen LogP contribution in [0.1, 0.15) is 16.1 Å². The van der Waals surface area contributed by atoms with Crippen LogP contribution in [0.2, 0.25) is 5.02 Å². The van der Waals surface area contributed by atoms with Crippen LogP contribution in [0.4, 0.5) is 5.69 Å². The van der Waals surface area contributed by atoms with Gasteiger partial charge in [0.15, 0.2) is 0 Å². The number of benzene rings is 2. The van der Waals surface area contributed by atoms with Crippen LogP contribution in [0.15, 0.2) is 77.8 Å². The number of likely N-dealkylation sites (N-methyl/N-ethyl adjacent to an activating group) is 1. The second-order valence-electron chi connectivity index (χ2n) is 7.95. The number of hydrogen-bond donors (Lipinski definition) is 0. The zero-order chi connectivity index (χ0) is 23.4. The van der Waals surface area contributed by atoms with Crippen molar-refractivity contribution >= 4 is 33.2 Å². The van der Waals surface area contributed by atoms with E-state index < -0.39 is 10.0 Å². The van der Waals surface area contributed by atoms with Crippen LogP contribution in [-0.2, 0) is 16.6 Å². The van der Waals surface area contributed by atoms with E-state index >= 15 is 0 Å². The van der Waals surface area contributed by atoms with E-state index in [-0.39, 0.29) is 17.3 Å². The van der Waals surface area contributed by atoms with E-state index in [1.165, 1.54) is 10.5 Å². The lowest BCUT2D eigenvalue weighted by Crippen LogP contribution is -2.47. The molecule has 0 radical (unpaired) electrons. The molecular formula is C24H25ClN4O3S. The van der Waals surface area contributed by atoms with Crippen LogP contribution in [0.25, 0.3) is 0 Å². The molecule has 0 saturated carbocycles. The molecule has 9 heteroatoms. The fourth-order valence-corrected chi connectivity index (χ4v) is 5.21. The molecule has 7 nitrogen and oxygen atoms in total. The SMILES string of the molecule is CN1CCN(C(=O)c2ccc(N(Cc3ccc(Cl)cc3)S(=O)(=O)c3ccccc3)cn2)CC1. The summed E-state index contributed by atoms with van der Waals surface area (Å²) in [7, 11) is -1.84. The lowest BCUT2D eigenvalue weighted by atomic mass is 10.2. The Morgan fingerprint density at radius 1 is 0.970 bits per heavy atom. The maximum atomic E-state index is 13.5. The largest absolute Gasteiger partial charge is 0.335 e. The fourth-order valence-electron chi connectivity index (χ4n) is 3.62. The molecule has 0 aliphatic carbocycles. The number of pyridine rings is 1. The van der Waals surface area contributed by atoms with E-state index in [1.54, 1.807) is 71.6 Å². The third-order valence-electron chi connectivity index (χ3n) is 5.62. The first-order chi connectivity index (χ1) is 15.8. The van der Waals surface area contributed by atoms with Crippen molar-refractivity contribution in [3.8, 4) is 0 Å². The number of sulfonamides is 1. The van der Waals surface area contributed by atoms with Gasteiger partial charge in [0, 0.05) is 31.2 Å². The van der Waals surface area contributed by atoms with Gasteiger partial charge in [0.1, 0.15) is 5.69 Å². The Morgan fingerprint density at radius 3 is 2.24 bits per heavy atom. The third kappa shape index (κ3) is 5.35. The minimum absolute atomic E-state index is 0.0990. The molecule has 0 bridgehead atoms. The molecule has 0 spiro atoms. The van der Waals surface area contributed by atoms with E-state index in [9.17, 15) is 13.2 Å². The van der Waals surface area contributed by atoms with Gasteiger partial charge in [0.25, 0.3) is 15.9 Å². The van der Waals surface area contributed by atoms with Crippen molar-refractivity contribution in [2.24, 2.45) is 0 Å². The molecule has 0 unspecified atom stereocenters. The van der Waals surface area contributed by atoms with Gasteiger partial charge in [0.2, 0.25) is 0 Å². The zero-order valence-electron chi connectivity index (χ0n) is 18.3. The highest BCUT2D eigenvalue weighted by Gasteiger charge is 2.27. The van der Waals surface area contributed by atoms with E-state index in [1.807, 2.05) is 7.05 Å². The number of carbonyl (C=O) groups excluding carboxylic acids is 1. The summed E-state index contributed by atoms with van der Waals surface area (Å²) < 4.78 is 28.3. The molecule has 4 rings (SSSR count). The molecule has 1 aliphatic rings. The Hall–Kier alpha value is -2.94. The highest BCUT2D eigenvalue weighted by atomic mass is 35.5. The summed E-state index contributed by atoms with van der Waals surface area (Å²) in [5.74, 6) is -0.148. The van der Waals surface area contributed by atoms with E-state index in [0.29, 0.717) is 29.5 Å². The second-order valence-corrected chi connectivity index (χ2v) is 10.2. The Balaban J connectivity index is 1.64. The molecule has 33 heavy (non-hydrogen) atoms. The standard InChI is InChI=1S/C24H25ClN4O3S/c1-27-13-15-28(16-14-27)24(30)23-12-11-21(17-26-23)29(18-19-7-9-20(25)10-8-19)33(31,32)22-5-3-2-4-6-22/h2-12,17H,13-16,18H2,1H3. The second kappa shape index (κ2) is 9.91. The predicted molar refractivity (Wildman–Crippen MR) is 129 cm³/mol. The van der Waals surface area contributed by atoms with Gasteiger partial charge in [-0.25, -0.2) is 13.4 Å². The number of nitrogens with zero attached hydrogens (tertiary/aromatic N) is 4. The lowest BCUT2D eigenvalue weighted by Gasteiger charge is -2.32. The maximum Gasteiger partial charge on any atom is 0.272 e. The lowest BCUT2D eigenvalue weighted by molar-refractivity contribution is 0.0658. The minimum atomic E-state index is -3.86. The topological polar surface area (TPSA) is 73.8 Å². The number of carbonyl (C=O) groups is 1. The Kier molecular flexibility index (Phi) is 6.97. The average molecular weight is 485 g/mol. The van der Waals surface area contributed by atoms with Crippen LogP contribution >= 0.6 is 11.6 Å². The van der Waals surface area contributed by atoms with Crippen LogP contribution in [0.3, 0.4) is 0 Å². The summed E-state index contributed by atoms with van der Waals surface area (Å²) >= 11 is 5.99. The quantitative estimate of drug-likeness (QED) is 0.535. The molecule has 1 fully saturated rings. The summed E-state index contributed by atoms with van der Waals surface area (Å²) in [4.78, 5) is 21.3. The van der Waals surface area contributed by atoms with Crippen LogP contribution < -0.4 is 4.31 Å². The van der Waals surface area contributed by atoms with Gasteiger partial charge < -0.3 is 9.80 Å². The number of piperazine rings is 1. The number of rotatable bonds is 6. The third-order valence-corrected chi connectivity index (χ3v) is 7.66. The van der Waals surface area contributed by atoms with E-state index in [2.05, 4.69) is 9.88 Å². The molecule has 1 saturated heterocycles. The van der Waals surface area contributed by atoms with Crippen molar-refractivity contribution in [1.29, 1.82) is 0 Å². The summed E-state index contributed by atoms with van der Waals surface area (Å²) in [5.41, 5.74) is 1.45. The van der Waals surface area contributed by atoms with Gasteiger partial charge in [-0.3, -0.25) is 9.10 Å². The predicted octanol–water partition coefficient (Wildman–Crippen LogP) is 3.52. The molecule has 172 valence electrons. The normalized spacial score (nSPS) is 14.8. The Labute approximate surface area is 199 Å². The van der Waals surface area contributed by atoms with Gasteiger partial charge in [-0.15, -0.1) is 0 Å². The van der Waals surface area contributed by atoms with Crippen LogP contribution in [0, 0.1) is 0 Å². The first-order valence-electron chi connectivity index (χ1n) is 10.6. The van der Waals surface area contributed by atoms with Crippen molar-refractivity contribution in [2.75, 3.05) is 37.5 Å². The molecule has 3 aromatic rings. The number of anilines is 1. The fraction of sp³-hybridized carbons (Fsp3) is 0.250. The van der Waals surface area contributed by atoms with Crippen molar-refractivity contribution in [1.82, 2.24) is 14.8 Å². The number of amides is 1. The van der Waals surface area contributed by atoms with Crippen LogP contribution in [-0.4, -0.2) is 62.3 Å². The Bertz CT molecular complexity index is 1190. The van der Waals surface area contributed by atoms with Gasteiger partial charge in [-0.05, 0) is 49.0 Å². The molecule has 2 aromatic carbocycles. The molecule has 1 aliphatic heterocycles. The molecule has 0 N–H and O–H groups in total. The van der Waals surface area contributed by atoms with Crippen molar-refractivity contribution in [3.63, 3.8) is 0 Å². The molecule has 1 aromatic heterocycles. The Morgan fingerprint density at radius 2 is 1.64 bits per heavy atom. The van der Waals surface area contributed by atoms with Gasteiger partial charge in [-0.1, -0.05) is 41.9 Å². The smallest absolute Gasteiger partial charge is 0.272 e. The van der Waals surface area contributed by atoms with Crippen molar-refractivity contribution < 1.29 is 13.2 Å².